The molecule has 0 spiro atoms. The van der Waals surface area contributed by atoms with Crippen LogP contribution in [0.3, 0.4) is 0 Å². The normalized spacial score (nSPS) is 18.9. The first kappa shape index (κ1) is 14.2. The van der Waals surface area contributed by atoms with E-state index in [-0.39, 0.29) is 18.6 Å². The minimum Gasteiger partial charge on any atom is -0.484 e. The largest absolute Gasteiger partial charge is 0.484 e. The number of nitrogens with one attached hydrogen (secondary N) is 2. The first-order valence-corrected chi connectivity index (χ1v) is 6.92. The predicted molar refractivity (Wildman–Crippen MR) is 75.7 cm³/mol. The molecule has 5 heteroatoms. The summed E-state index contributed by atoms with van der Waals surface area (Å²) in [5.41, 5.74) is 0.941. The molecule has 104 valence electrons. The fourth-order valence-electron chi connectivity index (χ4n) is 2.10. The second-order valence-corrected chi connectivity index (χ2v) is 5.22. The number of amides is 1. The van der Waals surface area contributed by atoms with E-state index in [1.165, 1.54) is 0 Å². The van der Waals surface area contributed by atoms with Crippen LogP contribution in [0, 0.1) is 6.92 Å². The summed E-state index contributed by atoms with van der Waals surface area (Å²) in [5.74, 6) is 0.583. The number of aryl methyl sites for hydroxylation is 1. The van der Waals surface area contributed by atoms with Crippen LogP contribution >= 0.6 is 11.6 Å². The monoisotopic (exact) mass is 282 g/mol. The molecule has 1 fully saturated rings. The van der Waals surface area contributed by atoms with Gasteiger partial charge in [-0.3, -0.25) is 4.79 Å². The number of carbonyl (C=O) groups is 1. The van der Waals surface area contributed by atoms with Gasteiger partial charge in [-0.05, 0) is 50.1 Å². The van der Waals surface area contributed by atoms with Crippen molar-refractivity contribution >= 4 is 17.5 Å². The quantitative estimate of drug-likeness (QED) is 0.887. The highest BCUT2D eigenvalue weighted by atomic mass is 35.5. The molecule has 2 rings (SSSR count). The Labute approximate surface area is 118 Å². The average Bonchev–Trinajstić information content (AvgIpc) is 2.41. The van der Waals surface area contributed by atoms with Gasteiger partial charge in [-0.15, -0.1) is 0 Å². The summed E-state index contributed by atoms with van der Waals surface area (Å²) in [7, 11) is 0. The Hall–Kier alpha value is -1.26. The molecule has 0 radical (unpaired) electrons. The highest BCUT2D eigenvalue weighted by Crippen LogP contribution is 2.20. The van der Waals surface area contributed by atoms with Gasteiger partial charge < -0.3 is 15.4 Å². The number of benzene rings is 1. The van der Waals surface area contributed by atoms with Crippen molar-refractivity contribution in [3.63, 3.8) is 0 Å². The molecular formula is C14H19ClN2O2. The van der Waals surface area contributed by atoms with Crippen molar-refractivity contribution in [1.82, 2.24) is 10.6 Å². The zero-order valence-corrected chi connectivity index (χ0v) is 11.8. The van der Waals surface area contributed by atoms with Crippen molar-refractivity contribution in [3.8, 4) is 5.75 Å². The van der Waals surface area contributed by atoms with Crippen LogP contribution in [0.2, 0.25) is 5.02 Å². The topological polar surface area (TPSA) is 50.4 Å². The minimum absolute atomic E-state index is 0.0393. The Morgan fingerprint density at radius 2 is 2.42 bits per heavy atom. The van der Waals surface area contributed by atoms with Gasteiger partial charge in [-0.2, -0.15) is 0 Å². The van der Waals surface area contributed by atoms with Crippen molar-refractivity contribution in [2.75, 3.05) is 19.7 Å². The standard InChI is InChI=1S/C14H19ClN2O2/c1-10-7-12(4-5-13(10)15)19-9-14(18)17-11-3-2-6-16-8-11/h4-5,7,11,16H,2-3,6,8-9H2,1H3,(H,17,18)/t11-/m0/s1. The van der Waals surface area contributed by atoms with Gasteiger partial charge >= 0.3 is 0 Å². The van der Waals surface area contributed by atoms with E-state index in [4.69, 9.17) is 16.3 Å². The number of hydrogen-bond donors (Lipinski definition) is 2. The predicted octanol–water partition coefficient (Wildman–Crippen LogP) is 1.90. The maximum Gasteiger partial charge on any atom is 0.258 e. The number of rotatable bonds is 4. The van der Waals surface area contributed by atoms with Crippen LogP contribution in [0.5, 0.6) is 5.75 Å². The average molecular weight is 283 g/mol. The maximum atomic E-state index is 11.7. The van der Waals surface area contributed by atoms with E-state index in [1.54, 1.807) is 12.1 Å². The molecule has 4 nitrogen and oxygen atoms in total. The lowest BCUT2D eigenvalue weighted by atomic mass is 10.1. The van der Waals surface area contributed by atoms with Gasteiger partial charge in [0.15, 0.2) is 6.61 Å². The fourth-order valence-corrected chi connectivity index (χ4v) is 2.22. The summed E-state index contributed by atoms with van der Waals surface area (Å²) in [6, 6.07) is 5.59. The zero-order valence-electron chi connectivity index (χ0n) is 11.0. The van der Waals surface area contributed by atoms with Crippen LogP contribution in [0.25, 0.3) is 0 Å². The molecule has 2 N–H and O–H groups in total. The SMILES string of the molecule is Cc1cc(OCC(=O)N[C@H]2CCCNC2)ccc1Cl. The Morgan fingerprint density at radius 3 is 3.11 bits per heavy atom. The Morgan fingerprint density at radius 1 is 1.58 bits per heavy atom. The summed E-state index contributed by atoms with van der Waals surface area (Å²) >= 11 is 5.93. The lowest BCUT2D eigenvalue weighted by Crippen LogP contribution is -2.46. The van der Waals surface area contributed by atoms with Gasteiger partial charge in [-0.1, -0.05) is 11.6 Å². The number of carbonyl (C=O) groups excluding carboxylic acids is 1. The Balaban J connectivity index is 1.77. The van der Waals surface area contributed by atoms with E-state index < -0.39 is 0 Å². The second kappa shape index (κ2) is 6.78. The lowest BCUT2D eigenvalue weighted by molar-refractivity contribution is -0.123. The highest BCUT2D eigenvalue weighted by molar-refractivity contribution is 6.31. The van der Waals surface area contributed by atoms with E-state index in [1.807, 2.05) is 13.0 Å². The minimum atomic E-state index is -0.0821. The smallest absolute Gasteiger partial charge is 0.258 e. The number of hydrogen-bond acceptors (Lipinski definition) is 3. The maximum absolute atomic E-state index is 11.7. The first-order chi connectivity index (χ1) is 9.15. The van der Waals surface area contributed by atoms with Gasteiger partial charge in [0, 0.05) is 17.6 Å². The van der Waals surface area contributed by atoms with E-state index >= 15 is 0 Å². The molecule has 0 unspecified atom stereocenters. The molecule has 1 saturated heterocycles. The zero-order chi connectivity index (χ0) is 13.7. The molecule has 1 aromatic rings. The van der Waals surface area contributed by atoms with Crippen molar-refractivity contribution in [2.24, 2.45) is 0 Å². The molecule has 0 aromatic heterocycles. The lowest BCUT2D eigenvalue weighted by Gasteiger charge is -2.23. The molecule has 1 aromatic carbocycles. The van der Waals surface area contributed by atoms with Gasteiger partial charge in [0.05, 0.1) is 0 Å². The molecular weight excluding hydrogens is 264 g/mol. The third-order valence-electron chi connectivity index (χ3n) is 3.16. The molecule has 1 aliphatic rings. The van der Waals surface area contributed by atoms with Crippen LogP contribution in [0.1, 0.15) is 18.4 Å². The van der Waals surface area contributed by atoms with Crippen LogP contribution in [-0.2, 0) is 4.79 Å². The van der Waals surface area contributed by atoms with Crippen LogP contribution in [0.4, 0.5) is 0 Å². The molecule has 1 aliphatic heterocycles. The van der Waals surface area contributed by atoms with Crippen molar-refractivity contribution in [2.45, 2.75) is 25.8 Å². The molecule has 19 heavy (non-hydrogen) atoms. The van der Waals surface area contributed by atoms with Gasteiger partial charge in [0.2, 0.25) is 0 Å². The Bertz CT molecular complexity index is 445. The summed E-state index contributed by atoms with van der Waals surface area (Å²) in [4.78, 5) is 11.7. The van der Waals surface area contributed by atoms with E-state index in [2.05, 4.69) is 10.6 Å². The fraction of sp³-hybridized carbons (Fsp3) is 0.500. The number of piperidine rings is 1. The Kier molecular flexibility index (Phi) is 5.05. The van der Waals surface area contributed by atoms with Crippen LogP contribution in [-0.4, -0.2) is 31.6 Å². The molecule has 0 bridgehead atoms. The van der Waals surface area contributed by atoms with Crippen molar-refractivity contribution in [3.05, 3.63) is 28.8 Å². The molecule has 0 aliphatic carbocycles. The number of ether oxygens (including phenoxy) is 1. The summed E-state index contributed by atoms with van der Waals surface area (Å²) in [6.07, 6.45) is 2.13. The third-order valence-corrected chi connectivity index (χ3v) is 3.59. The van der Waals surface area contributed by atoms with E-state index in [0.29, 0.717) is 10.8 Å². The molecule has 1 atom stereocenters. The van der Waals surface area contributed by atoms with Crippen molar-refractivity contribution < 1.29 is 9.53 Å². The van der Waals surface area contributed by atoms with Crippen molar-refractivity contribution in [1.29, 1.82) is 0 Å². The van der Waals surface area contributed by atoms with Gasteiger partial charge in [0.1, 0.15) is 5.75 Å². The van der Waals surface area contributed by atoms with Gasteiger partial charge in [0.25, 0.3) is 5.91 Å². The second-order valence-electron chi connectivity index (χ2n) is 4.81. The van der Waals surface area contributed by atoms with E-state index in [0.717, 1.165) is 31.5 Å². The molecule has 1 amide bonds. The summed E-state index contributed by atoms with van der Waals surface area (Å²) in [5, 5.41) is 6.92. The summed E-state index contributed by atoms with van der Waals surface area (Å²) in [6.45, 7) is 3.82. The van der Waals surface area contributed by atoms with Crippen LogP contribution < -0.4 is 15.4 Å². The molecule has 1 heterocycles. The number of halogens is 1. The molecule has 0 saturated carbocycles. The first-order valence-electron chi connectivity index (χ1n) is 6.54. The van der Waals surface area contributed by atoms with E-state index in [9.17, 15) is 4.79 Å². The highest BCUT2D eigenvalue weighted by Gasteiger charge is 2.15. The van der Waals surface area contributed by atoms with Crippen LogP contribution in [0.15, 0.2) is 18.2 Å². The third kappa shape index (κ3) is 4.40. The summed E-state index contributed by atoms with van der Waals surface area (Å²) < 4.78 is 5.45. The van der Waals surface area contributed by atoms with Gasteiger partial charge in [-0.25, -0.2) is 0 Å².